The van der Waals surface area contributed by atoms with Crippen molar-refractivity contribution >= 4 is 22.5 Å². The predicted octanol–water partition coefficient (Wildman–Crippen LogP) is 6.53. The fraction of sp³-hybridized carbons (Fsp3) is 0.333. The molecule has 0 heterocycles. The van der Waals surface area contributed by atoms with Crippen molar-refractivity contribution in [2.45, 2.75) is 48.9 Å². The lowest BCUT2D eigenvalue weighted by Crippen LogP contribution is -2.31. The van der Waals surface area contributed by atoms with Gasteiger partial charge in [0.1, 0.15) is 0 Å². The molecule has 0 aliphatic heterocycles. The lowest BCUT2D eigenvalue weighted by molar-refractivity contribution is -0.0125. The zero-order valence-electron chi connectivity index (χ0n) is 15.3. The molecule has 3 aromatic carbocycles. The summed E-state index contributed by atoms with van der Waals surface area (Å²) in [4.78, 5) is 1.31. The van der Waals surface area contributed by atoms with Crippen LogP contribution in [0.1, 0.15) is 43.7 Å². The van der Waals surface area contributed by atoms with Gasteiger partial charge in [0.25, 0.3) is 0 Å². The molecule has 1 nitrogen and oxygen atoms in total. The smallest absolute Gasteiger partial charge is 0.0899 e. The van der Waals surface area contributed by atoms with Gasteiger partial charge in [-0.15, -0.1) is 11.8 Å². The molecular formula is C24H26OS. The van der Waals surface area contributed by atoms with E-state index in [0.717, 1.165) is 42.9 Å². The van der Waals surface area contributed by atoms with Gasteiger partial charge < -0.3 is 5.11 Å². The van der Waals surface area contributed by atoms with E-state index >= 15 is 0 Å². The maximum absolute atomic E-state index is 11.3. The summed E-state index contributed by atoms with van der Waals surface area (Å²) in [6.07, 6.45) is 3.98. The van der Waals surface area contributed by atoms with Gasteiger partial charge in [0.15, 0.2) is 0 Å². The van der Waals surface area contributed by atoms with E-state index in [-0.39, 0.29) is 0 Å². The van der Waals surface area contributed by atoms with Gasteiger partial charge in [0, 0.05) is 10.6 Å². The molecule has 1 saturated carbocycles. The van der Waals surface area contributed by atoms with Crippen LogP contribution in [-0.4, -0.2) is 5.11 Å². The average molecular weight is 363 g/mol. The van der Waals surface area contributed by atoms with E-state index in [1.54, 1.807) is 0 Å². The Bertz CT molecular complexity index is 888. The van der Waals surface area contributed by atoms with Gasteiger partial charge in [-0.2, -0.15) is 0 Å². The minimum absolute atomic E-state index is 0.650. The lowest BCUT2D eigenvalue weighted by atomic mass is 9.75. The van der Waals surface area contributed by atoms with E-state index in [0.29, 0.717) is 0 Å². The highest BCUT2D eigenvalue weighted by molar-refractivity contribution is 7.98. The van der Waals surface area contributed by atoms with E-state index < -0.39 is 5.60 Å². The zero-order valence-corrected chi connectivity index (χ0v) is 16.1. The minimum Gasteiger partial charge on any atom is -0.385 e. The van der Waals surface area contributed by atoms with Crippen molar-refractivity contribution in [3.05, 3.63) is 77.9 Å². The second-order valence-electron chi connectivity index (χ2n) is 7.64. The second kappa shape index (κ2) is 7.46. The fourth-order valence-electron chi connectivity index (χ4n) is 4.09. The van der Waals surface area contributed by atoms with Crippen LogP contribution in [0.4, 0.5) is 0 Å². The molecule has 1 N–H and O–H groups in total. The van der Waals surface area contributed by atoms with Crippen LogP contribution in [0, 0.1) is 5.92 Å². The summed E-state index contributed by atoms with van der Waals surface area (Å²) < 4.78 is 0. The van der Waals surface area contributed by atoms with Crippen LogP contribution in [0.25, 0.3) is 10.8 Å². The van der Waals surface area contributed by atoms with Gasteiger partial charge in [-0.3, -0.25) is 0 Å². The van der Waals surface area contributed by atoms with Crippen LogP contribution in [0.5, 0.6) is 0 Å². The van der Waals surface area contributed by atoms with Crippen LogP contribution in [-0.2, 0) is 11.4 Å². The van der Waals surface area contributed by atoms with Crippen LogP contribution in [0.2, 0.25) is 0 Å². The minimum atomic E-state index is -0.650. The molecule has 0 saturated heterocycles. The first-order chi connectivity index (χ1) is 12.7. The first kappa shape index (κ1) is 17.6. The van der Waals surface area contributed by atoms with Crippen molar-refractivity contribution in [3.8, 4) is 0 Å². The highest BCUT2D eigenvalue weighted by Gasteiger charge is 2.34. The molecular weight excluding hydrogens is 336 g/mol. The maximum Gasteiger partial charge on any atom is 0.0899 e. The summed E-state index contributed by atoms with van der Waals surface area (Å²) in [5, 5.41) is 13.9. The highest BCUT2D eigenvalue weighted by Crippen LogP contribution is 2.42. The van der Waals surface area contributed by atoms with Crippen LogP contribution in [0.3, 0.4) is 0 Å². The van der Waals surface area contributed by atoms with Crippen LogP contribution < -0.4 is 0 Å². The number of hydrogen-bond acceptors (Lipinski definition) is 2. The third-order valence-corrected chi connectivity index (χ3v) is 6.88. The largest absolute Gasteiger partial charge is 0.385 e. The molecule has 0 spiro atoms. The van der Waals surface area contributed by atoms with Crippen molar-refractivity contribution < 1.29 is 5.11 Å². The Morgan fingerprint density at radius 1 is 0.923 bits per heavy atom. The van der Waals surface area contributed by atoms with Crippen molar-refractivity contribution in [1.29, 1.82) is 0 Å². The Balaban J connectivity index is 1.59. The van der Waals surface area contributed by atoms with E-state index in [1.807, 2.05) is 11.8 Å². The number of benzene rings is 3. The Hall–Kier alpha value is -1.77. The molecule has 1 aliphatic carbocycles. The molecule has 0 bridgehead atoms. The molecule has 0 amide bonds. The normalized spacial score (nSPS) is 23.2. The van der Waals surface area contributed by atoms with E-state index in [9.17, 15) is 5.11 Å². The third kappa shape index (κ3) is 3.54. The molecule has 4 rings (SSSR count). The van der Waals surface area contributed by atoms with Crippen molar-refractivity contribution in [2.75, 3.05) is 0 Å². The maximum atomic E-state index is 11.3. The quantitative estimate of drug-likeness (QED) is 0.532. The van der Waals surface area contributed by atoms with Crippen molar-refractivity contribution in [2.24, 2.45) is 5.92 Å². The van der Waals surface area contributed by atoms with E-state index in [4.69, 9.17) is 0 Å². The topological polar surface area (TPSA) is 20.2 Å². The Morgan fingerprint density at radius 3 is 2.46 bits per heavy atom. The van der Waals surface area contributed by atoms with Gasteiger partial charge in [-0.05, 0) is 59.6 Å². The van der Waals surface area contributed by atoms with Gasteiger partial charge >= 0.3 is 0 Å². The molecule has 26 heavy (non-hydrogen) atoms. The number of rotatable bonds is 4. The molecule has 1 aliphatic rings. The Labute approximate surface area is 160 Å². The second-order valence-corrected chi connectivity index (χ2v) is 8.65. The van der Waals surface area contributed by atoms with Crippen LogP contribution in [0.15, 0.2) is 71.6 Å². The van der Waals surface area contributed by atoms with E-state index in [2.05, 4.69) is 73.7 Å². The summed E-state index contributed by atoms with van der Waals surface area (Å²) in [5.74, 6) is 1.62. The average Bonchev–Trinajstić information content (AvgIpc) is 2.69. The summed E-state index contributed by atoms with van der Waals surface area (Å²) in [6, 6.07) is 23.5. The Morgan fingerprint density at radius 2 is 1.62 bits per heavy atom. The first-order valence-electron chi connectivity index (χ1n) is 9.57. The van der Waals surface area contributed by atoms with Crippen molar-refractivity contribution in [3.63, 3.8) is 0 Å². The third-order valence-electron chi connectivity index (χ3n) is 5.75. The molecule has 0 radical (unpaired) electrons. The summed E-state index contributed by atoms with van der Waals surface area (Å²) in [7, 11) is 0. The monoisotopic (exact) mass is 362 g/mol. The summed E-state index contributed by atoms with van der Waals surface area (Å²) in [6.45, 7) is 2.29. The zero-order chi connectivity index (χ0) is 18.0. The van der Waals surface area contributed by atoms with Crippen LogP contribution >= 0.6 is 11.8 Å². The molecule has 2 heteroatoms. The molecule has 3 aromatic rings. The number of thioether (sulfide) groups is 1. The fourth-order valence-corrected chi connectivity index (χ4v) is 5.17. The number of aliphatic hydroxyl groups is 1. The SMILES string of the molecule is CC1CCC(O)(c2ccccc2CSc2cccc3ccccc23)CC1. The molecule has 1 fully saturated rings. The van der Waals surface area contributed by atoms with Gasteiger partial charge in [-0.25, -0.2) is 0 Å². The van der Waals surface area contributed by atoms with Crippen molar-refractivity contribution in [1.82, 2.24) is 0 Å². The predicted molar refractivity (Wildman–Crippen MR) is 111 cm³/mol. The standard InChI is InChI=1S/C24H26OS/c1-18-13-15-24(25,16-14-18)22-11-5-3-8-20(22)17-26-23-12-6-9-19-7-2-4-10-21(19)23/h2-12,18,25H,13-17H2,1H3. The highest BCUT2D eigenvalue weighted by atomic mass is 32.2. The molecule has 134 valence electrons. The van der Waals surface area contributed by atoms with Gasteiger partial charge in [0.2, 0.25) is 0 Å². The van der Waals surface area contributed by atoms with E-state index in [1.165, 1.54) is 21.2 Å². The lowest BCUT2D eigenvalue weighted by Gasteiger charge is -2.36. The Kier molecular flexibility index (Phi) is 5.06. The van der Waals surface area contributed by atoms with Gasteiger partial charge in [0.05, 0.1) is 5.60 Å². The number of hydrogen-bond donors (Lipinski definition) is 1. The summed E-state index contributed by atoms with van der Waals surface area (Å²) in [5.41, 5.74) is 1.75. The first-order valence-corrected chi connectivity index (χ1v) is 10.6. The molecule has 0 unspecified atom stereocenters. The molecule has 0 atom stereocenters. The summed E-state index contributed by atoms with van der Waals surface area (Å²) >= 11 is 1.87. The molecule has 0 aromatic heterocycles. The van der Waals surface area contributed by atoms with Gasteiger partial charge in [-0.1, -0.05) is 67.6 Å². The number of fused-ring (bicyclic) bond motifs is 1.